The second kappa shape index (κ2) is 6.09. The van der Waals surface area contributed by atoms with E-state index >= 15 is 0 Å². The number of aromatic nitrogens is 2. The van der Waals surface area contributed by atoms with Gasteiger partial charge in [0, 0.05) is 6.54 Å². The number of aromatic carboxylic acids is 1. The summed E-state index contributed by atoms with van der Waals surface area (Å²) in [6, 6.07) is 11.0. The number of carbonyl (C=O) groups is 1. The quantitative estimate of drug-likeness (QED) is 0.771. The van der Waals surface area contributed by atoms with Crippen LogP contribution in [0.5, 0.6) is 0 Å². The van der Waals surface area contributed by atoms with Crippen molar-refractivity contribution in [3.63, 3.8) is 0 Å². The predicted octanol–water partition coefficient (Wildman–Crippen LogP) is 3.42. The molecule has 0 bridgehead atoms. The Balaban J connectivity index is 2.14. The SMILES string of the molecule is Cc1cc2nc(C(C)N)n(Cc3cccc(C(=O)O)c3)c2cc1C. The summed E-state index contributed by atoms with van der Waals surface area (Å²) in [7, 11) is 0. The van der Waals surface area contributed by atoms with Gasteiger partial charge in [0.2, 0.25) is 0 Å². The molecule has 1 heterocycles. The second-order valence-corrected chi connectivity index (χ2v) is 6.28. The van der Waals surface area contributed by atoms with Crippen LogP contribution in [0.4, 0.5) is 0 Å². The molecule has 1 unspecified atom stereocenters. The van der Waals surface area contributed by atoms with Crippen LogP contribution in [0.1, 0.15) is 45.8 Å². The number of rotatable bonds is 4. The molecule has 24 heavy (non-hydrogen) atoms. The average molecular weight is 323 g/mol. The van der Waals surface area contributed by atoms with Crippen molar-refractivity contribution in [3.8, 4) is 0 Å². The lowest BCUT2D eigenvalue weighted by atomic mass is 10.1. The Hall–Kier alpha value is -2.66. The van der Waals surface area contributed by atoms with Gasteiger partial charge in [-0.1, -0.05) is 12.1 Å². The van der Waals surface area contributed by atoms with Gasteiger partial charge in [-0.3, -0.25) is 0 Å². The summed E-state index contributed by atoms with van der Waals surface area (Å²) in [5, 5.41) is 9.18. The lowest BCUT2D eigenvalue weighted by Crippen LogP contribution is -2.14. The maximum absolute atomic E-state index is 11.2. The fraction of sp³-hybridized carbons (Fsp3) is 0.263. The molecule has 0 aliphatic carbocycles. The molecular weight excluding hydrogens is 302 g/mol. The first kappa shape index (κ1) is 16.2. The molecule has 0 spiro atoms. The van der Waals surface area contributed by atoms with Gasteiger partial charge in [0.15, 0.2) is 0 Å². The third kappa shape index (κ3) is 2.90. The first-order chi connectivity index (χ1) is 11.4. The highest BCUT2D eigenvalue weighted by Gasteiger charge is 2.15. The Morgan fingerprint density at radius 2 is 1.96 bits per heavy atom. The van der Waals surface area contributed by atoms with Crippen molar-refractivity contribution in [3.05, 3.63) is 64.5 Å². The summed E-state index contributed by atoms with van der Waals surface area (Å²) in [4.78, 5) is 15.9. The number of nitrogens with two attached hydrogens (primary N) is 1. The van der Waals surface area contributed by atoms with Crippen molar-refractivity contribution in [2.45, 2.75) is 33.4 Å². The van der Waals surface area contributed by atoms with Crippen LogP contribution in [-0.4, -0.2) is 20.6 Å². The number of hydrogen-bond donors (Lipinski definition) is 2. The molecule has 5 nitrogen and oxygen atoms in total. The summed E-state index contributed by atoms with van der Waals surface area (Å²) in [6.07, 6.45) is 0. The van der Waals surface area contributed by atoms with E-state index in [4.69, 9.17) is 5.73 Å². The number of imidazole rings is 1. The molecule has 0 aliphatic heterocycles. The standard InChI is InChI=1S/C19H21N3O2/c1-11-7-16-17(8-12(11)2)22(18(21-16)13(3)20)10-14-5-4-6-15(9-14)19(23)24/h4-9,13H,10,20H2,1-3H3,(H,23,24). The Morgan fingerprint density at radius 3 is 2.62 bits per heavy atom. The molecule has 1 atom stereocenters. The van der Waals surface area contributed by atoms with Crippen LogP contribution in [0.25, 0.3) is 11.0 Å². The van der Waals surface area contributed by atoms with Gasteiger partial charge in [-0.2, -0.15) is 0 Å². The van der Waals surface area contributed by atoms with Gasteiger partial charge >= 0.3 is 5.97 Å². The lowest BCUT2D eigenvalue weighted by Gasteiger charge is -2.12. The zero-order chi connectivity index (χ0) is 17.4. The molecule has 0 aliphatic rings. The van der Waals surface area contributed by atoms with Crippen molar-refractivity contribution in [2.24, 2.45) is 5.73 Å². The number of nitrogens with zero attached hydrogens (tertiary/aromatic N) is 2. The summed E-state index contributed by atoms with van der Waals surface area (Å²) < 4.78 is 2.08. The third-order valence-corrected chi connectivity index (χ3v) is 4.32. The van der Waals surface area contributed by atoms with E-state index in [-0.39, 0.29) is 11.6 Å². The van der Waals surface area contributed by atoms with Gasteiger partial charge in [-0.15, -0.1) is 0 Å². The van der Waals surface area contributed by atoms with Crippen LogP contribution in [0.3, 0.4) is 0 Å². The van der Waals surface area contributed by atoms with E-state index in [1.807, 2.05) is 13.0 Å². The summed E-state index contributed by atoms with van der Waals surface area (Å²) in [6.45, 7) is 6.58. The molecule has 5 heteroatoms. The first-order valence-electron chi connectivity index (χ1n) is 7.92. The van der Waals surface area contributed by atoms with Crippen LogP contribution in [-0.2, 0) is 6.54 Å². The van der Waals surface area contributed by atoms with Gasteiger partial charge in [0.1, 0.15) is 5.82 Å². The van der Waals surface area contributed by atoms with Crippen molar-refractivity contribution >= 4 is 17.0 Å². The smallest absolute Gasteiger partial charge is 0.335 e. The monoisotopic (exact) mass is 323 g/mol. The van der Waals surface area contributed by atoms with E-state index in [1.165, 1.54) is 11.1 Å². The molecule has 124 valence electrons. The highest BCUT2D eigenvalue weighted by molar-refractivity contribution is 5.87. The number of aryl methyl sites for hydroxylation is 2. The fourth-order valence-corrected chi connectivity index (χ4v) is 2.90. The predicted molar refractivity (Wildman–Crippen MR) is 94.3 cm³/mol. The highest BCUT2D eigenvalue weighted by atomic mass is 16.4. The van der Waals surface area contributed by atoms with E-state index in [9.17, 15) is 9.90 Å². The minimum atomic E-state index is -0.925. The lowest BCUT2D eigenvalue weighted by molar-refractivity contribution is 0.0696. The minimum Gasteiger partial charge on any atom is -0.478 e. The molecule has 1 aromatic heterocycles. The molecule has 0 radical (unpaired) electrons. The van der Waals surface area contributed by atoms with Crippen molar-refractivity contribution in [1.82, 2.24) is 9.55 Å². The highest BCUT2D eigenvalue weighted by Crippen LogP contribution is 2.24. The van der Waals surface area contributed by atoms with Crippen molar-refractivity contribution in [2.75, 3.05) is 0 Å². The van der Waals surface area contributed by atoms with E-state index in [0.717, 1.165) is 22.4 Å². The summed E-state index contributed by atoms with van der Waals surface area (Å²) >= 11 is 0. The van der Waals surface area contributed by atoms with Gasteiger partial charge in [0.25, 0.3) is 0 Å². The maximum atomic E-state index is 11.2. The molecule has 2 aromatic carbocycles. The topological polar surface area (TPSA) is 81.1 Å². The second-order valence-electron chi connectivity index (χ2n) is 6.28. The Morgan fingerprint density at radius 1 is 1.25 bits per heavy atom. The van der Waals surface area contributed by atoms with Gasteiger partial charge in [-0.25, -0.2) is 9.78 Å². The number of fused-ring (bicyclic) bond motifs is 1. The van der Waals surface area contributed by atoms with Crippen LogP contribution in [0.2, 0.25) is 0 Å². The van der Waals surface area contributed by atoms with E-state index in [0.29, 0.717) is 6.54 Å². The average Bonchev–Trinajstić information content (AvgIpc) is 2.86. The summed E-state index contributed by atoms with van der Waals surface area (Å²) in [5.41, 5.74) is 11.6. The van der Waals surface area contributed by atoms with Crippen LogP contribution >= 0.6 is 0 Å². The molecule has 0 fully saturated rings. The van der Waals surface area contributed by atoms with Crippen LogP contribution in [0.15, 0.2) is 36.4 Å². The van der Waals surface area contributed by atoms with Crippen LogP contribution in [0, 0.1) is 13.8 Å². The zero-order valence-corrected chi connectivity index (χ0v) is 14.1. The normalized spacial score (nSPS) is 12.5. The molecule has 3 rings (SSSR count). The maximum Gasteiger partial charge on any atom is 0.335 e. The molecule has 3 N–H and O–H groups in total. The van der Waals surface area contributed by atoms with E-state index in [2.05, 4.69) is 35.5 Å². The zero-order valence-electron chi connectivity index (χ0n) is 14.1. The minimum absolute atomic E-state index is 0.208. The number of hydrogen-bond acceptors (Lipinski definition) is 3. The van der Waals surface area contributed by atoms with Crippen LogP contribution < -0.4 is 5.73 Å². The molecule has 0 saturated carbocycles. The van der Waals surface area contributed by atoms with Gasteiger partial charge < -0.3 is 15.4 Å². The Labute approximate surface area is 140 Å². The molecule has 0 amide bonds. The fourth-order valence-electron chi connectivity index (χ4n) is 2.90. The molecular formula is C19H21N3O2. The molecule has 3 aromatic rings. The Kier molecular flexibility index (Phi) is 4.11. The van der Waals surface area contributed by atoms with Gasteiger partial charge in [-0.05, 0) is 61.7 Å². The van der Waals surface area contributed by atoms with Gasteiger partial charge in [0.05, 0.1) is 22.6 Å². The third-order valence-electron chi connectivity index (χ3n) is 4.32. The summed E-state index contributed by atoms with van der Waals surface area (Å²) in [5.74, 6) is -0.123. The van der Waals surface area contributed by atoms with E-state index in [1.54, 1.807) is 18.2 Å². The number of benzene rings is 2. The Bertz CT molecular complexity index is 926. The first-order valence-corrected chi connectivity index (χ1v) is 7.92. The largest absolute Gasteiger partial charge is 0.478 e. The van der Waals surface area contributed by atoms with Crippen molar-refractivity contribution < 1.29 is 9.90 Å². The van der Waals surface area contributed by atoms with E-state index < -0.39 is 5.97 Å². The number of carboxylic acids is 1. The number of carboxylic acid groups (broad SMARTS) is 1. The van der Waals surface area contributed by atoms with Crippen molar-refractivity contribution in [1.29, 1.82) is 0 Å². The molecule has 0 saturated heterocycles.